The first kappa shape index (κ1) is 21.0. The van der Waals surface area contributed by atoms with Crippen LogP contribution in [0.15, 0.2) is 10.4 Å². The second-order valence-corrected chi connectivity index (χ2v) is 7.28. The molecule has 2 heterocycles. The van der Waals surface area contributed by atoms with Gasteiger partial charge in [-0.25, -0.2) is 9.98 Å². The van der Waals surface area contributed by atoms with Crippen molar-refractivity contribution in [2.45, 2.75) is 58.3 Å². The molecule has 0 radical (unpaired) electrons. The molecule has 26 heavy (non-hydrogen) atoms. The number of aromatic nitrogens is 1. The van der Waals surface area contributed by atoms with E-state index in [-0.39, 0.29) is 6.54 Å². The monoisotopic (exact) mass is 391 g/mol. The quantitative estimate of drug-likeness (QED) is 0.552. The maximum atomic E-state index is 12.6. The molecule has 1 atom stereocenters. The molecule has 1 unspecified atom stereocenters. The van der Waals surface area contributed by atoms with Gasteiger partial charge in [-0.15, -0.1) is 11.3 Å². The van der Waals surface area contributed by atoms with Crippen molar-refractivity contribution in [1.82, 2.24) is 20.5 Å². The highest BCUT2D eigenvalue weighted by Gasteiger charge is 2.33. The van der Waals surface area contributed by atoms with E-state index < -0.39 is 11.9 Å². The van der Waals surface area contributed by atoms with E-state index in [1.165, 1.54) is 25.7 Å². The maximum Gasteiger partial charge on any atom is 0.434 e. The van der Waals surface area contributed by atoms with Gasteiger partial charge in [0.2, 0.25) is 0 Å². The van der Waals surface area contributed by atoms with Crippen LogP contribution >= 0.6 is 11.3 Å². The molecule has 9 heteroatoms. The van der Waals surface area contributed by atoms with Crippen molar-refractivity contribution in [2.75, 3.05) is 26.2 Å². The molecule has 1 aliphatic rings. The zero-order valence-corrected chi connectivity index (χ0v) is 16.2. The van der Waals surface area contributed by atoms with Gasteiger partial charge in [0.05, 0.1) is 6.54 Å². The number of aliphatic imine (C=N–C) groups is 1. The van der Waals surface area contributed by atoms with Crippen LogP contribution in [-0.4, -0.2) is 48.1 Å². The standard InChI is InChI=1S/C17H28F3N5S/c1-3-13-7-5-6-9-25(13)10-8-22-16(21-4-2)23-11-15-24-14(12-26-15)17(18,19)20/h12-13H,3-11H2,1-2H3,(H2,21,22,23). The Morgan fingerprint density at radius 2 is 2.15 bits per heavy atom. The van der Waals surface area contributed by atoms with E-state index in [0.717, 1.165) is 36.4 Å². The Hall–Kier alpha value is -1.35. The number of thiazole rings is 1. The van der Waals surface area contributed by atoms with Crippen molar-refractivity contribution < 1.29 is 13.2 Å². The molecule has 2 N–H and O–H groups in total. The topological polar surface area (TPSA) is 52.6 Å². The van der Waals surface area contributed by atoms with Gasteiger partial charge in [0.15, 0.2) is 11.7 Å². The third-order valence-electron chi connectivity index (χ3n) is 4.47. The molecular formula is C17H28F3N5S. The van der Waals surface area contributed by atoms with Gasteiger partial charge in [0.25, 0.3) is 0 Å². The summed E-state index contributed by atoms with van der Waals surface area (Å²) in [5.74, 6) is 0.612. The van der Waals surface area contributed by atoms with E-state index in [0.29, 0.717) is 23.6 Å². The molecule has 5 nitrogen and oxygen atoms in total. The highest BCUT2D eigenvalue weighted by atomic mass is 32.1. The van der Waals surface area contributed by atoms with Crippen LogP contribution in [-0.2, 0) is 12.7 Å². The smallest absolute Gasteiger partial charge is 0.357 e. The summed E-state index contributed by atoms with van der Waals surface area (Å²) < 4.78 is 37.8. The fraction of sp³-hybridized carbons (Fsp3) is 0.765. The van der Waals surface area contributed by atoms with Crippen LogP contribution in [0.2, 0.25) is 0 Å². The fourth-order valence-electron chi connectivity index (χ4n) is 3.14. The van der Waals surface area contributed by atoms with Crippen molar-refractivity contribution in [3.8, 4) is 0 Å². The van der Waals surface area contributed by atoms with Gasteiger partial charge in [0.1, 0.15) is 5.01 Å². The molecule has 0 bridgehead atoms. The van der Waals surface area contributed by atoms with Gasteiger partial charge in [-0.3, -0.25) is 4.90 Å². The van der Waals surface area contributed by atoms with Gasteiger partial charge >= 0.3 is 6.18 Å². The summed E-state index contributed by atoms with van der Waals surface area (Å²) in [7, 11) is 0. The van der Waals surface area contributed by atoms with Crippen LogP contribution in [0.25, 0.3) is 0 Å². The summed E-state index contributed by atoms with van der Waals surface area (Å²) in [6.07, 6.45) is 0.581. The van der Waals surface area contributed by atoms with Crippen molar-refractivity contribution in [2.24, 2.45) is 4.99 Å². The van der Waals surface area contributed by atoms with E-state index in [9.17, 15) is 13.2 Å². The lowest BCUT2D eigenvalue weighted by Crippen LogP contribution is -2.45. The van der Waals surface area contributed by atoms with Gasteiger partial charge in [-0.2, -0.15) is 13.2 Å². The largest absolute Gasteiger partial charge is 0.434 e. The summed E-state index contributed by atoms with van der Waals surface area (Å²) in [6, 6.07) is 0.654. The molecule has 0 amide bonds. The number of rotatable bonds is 7. The Labute approximate surface area is 157 Å². The van der Waals surface area contributed by atoms with Gasteiger partial charge in [-0.05, 0) is 32.7 Å². The summed E-state index contributed by atoms with van der Waals surface area (Å²) in [5, 5.41) is 7.79. The third kappa shape index (κ3) is 6.42. The second kappa shape index (κ2) is 10.1. The molecule has 1 aromatic heterocycles. The van der Waals surface area contributed by atoms with Crippen LogP contribution in [0.4, 0.5) is 13.2 Å². The summed E-state index contributed by atoms with van der Waals surface area (Å²) in [6.45, 7) is 7.85. The first-order chi connectivity index (χ1) is 12.4. The van der Waals surface area contributed by atoms with Crippen molar-refractivity contribution in [1.29, 1.82) is 0 Å². The average molecular weight is 392 g/mol. The minimum absolute atomic E-state index is 0.136. The number of hydrogen-bond donors (Lipinski definition) is 2. The number of alkyl halides is 3. The number of guanidine groups is 1. The highest BCUT2D eigenvalue weighted by Crippen LogP contribution is 2.30. The van der Waals surface area contributed by atoms with E-state index in [4.69, 9.17) is 0 Å². The van der Waals surface area contributed by atoms with Crippen molar-refractivity contribution >= 4 is 17.3 Å². The lowest BCUT2D eigenvalue weighted by atomic mass is 10.0. The molecule has 0 spiro atoms. The first-order valence-electron chi connectivity index (χ1n) is 9.21. The minimum atomic E-state index is -4.40. The molecule has 1 aliphatic heterocycles. The Balaban J connectivity index is 1.85. The Bertz CT molecular complexity index is 573. The summed E-state index contributed by atoms with van der Waals surface area (Å²) in [4.78, 5) is 10.5. The van der Waals surface area contributed by atoms with Crippen molar-refractivity contribution in [3.05, 3.63) is 16.1 Å². The van der Waals surface area contributed by atoms with Gasteiger partial charge < -0.3 is 10.6 Å². The molecule has 148 valence electrons. The van der Waals surface area contributed by atoms with Crippen LogP contribution in [0, 0.1) is 0 Å². The molecule has 0 aliphatic carbocycles. The number of nitrogens with one attached hydrogen (secondary N) is 2. The molecule has 2 rings (SSSR count). The number of halogens is 3. The Morgan fingerprint density at radius 3 is 2.81 bits per heavy atom. The van der Waals surface area contributed by atoms with Crippen molar-refractivity contribution in [3.63, 3.8) is 0 Å². The number of likely N-dealkylation sites (tertiary alicyclic amines) is 1. The third-order valence-corrected chi connectivity index (χ3v) is 5.30. The Morgan fingerprint density at radius 1 is 1.35 bits per heavy atom. The molecular weight excluding hydrogens is 363 g/mol. The van der Waals surface area contributed by atoms with E-state index >= 15 is 0 Å². The maximum absolute atomic E-state index is 12.6. The van der Waals surface area contributed by atoms with Crippen LogP contribution in [0.5, 0.6) is 0 Å². The fourth-order valence-corrected chi connectivity index (χ4v) is 3.86. The first-order valence-corrected chi connectivity index (χ1v) is 10.1. The lowest BCUT2D eigenvalue weighted by Gasteiger charge is -2.35. The normalized spacial score (nSPS) is 19.6. The molecule has 0 aromatic carbocycles. The predicted octanol–water partition coefficient (Wildman–Crippen LogP) is 3.48. The number of hydrogen-bond acceptors (Lipinski definition) is 4. The molecule has 0 saturated carbocycles. The minimum Gasteiger partial charge on any atom is -0.357 e. The second-order valence-electron chi connectivity index (χ2n) is 6.34. The van der Waals surface area contributed by atoms with Crippen LogP contribution in [0.3, 0.4) is 0 Å². The highest BCUT2D eigenvalue weighted by molar-refractivity contribution is 7.09. The van der Waals surface area contributed by atoms with Crippen LogP contribution < -0.4 is 10.6 Å². The summed E-state index contributed by atoms with van der Waals surface area (Å²) >= 11 is 0.984. The number of piperidine rings is 1. The molecule has 1 aromatic rings. The van der Waals surface area contributed by atoms with E-state index in [1.54, 1.807) is 0 Å². The van der Waals surface area contributed by atoms with Crippen LogP contribution in [0.1, 0.15) is 50.2 Å². The number of nitrogens with zero attached hydrogens (tertiary/aromatic N) is 3. The lowest BCUT2D eigenvalue weighted by molar-refractivity contribution is -0.140. The molecule has 1 saturated heterocycles. The van der Waals surface area contributed by atoms with Gasteiger partial charge in [-0.1, -0.05) is 13.3 Å². The average Bonchev–Trinajstić information content (AvgIpc) is 3.09. The van der Waals surface area contributed by atoms with Gasteiger partial charge in [0, 0.05) is 31.1 Å². The van der Waals surface area contributed by atoms with E-state index in [2.05, 4.69) is 32.4 Å². The predicted molar refractivity (Wildman–Crippen MR) is 99.4 cm³/mol. The zero-order valence-electron chi connectivity index (χ0n) is 15.4. The SMILES string of the molecule is CCNC(=NCc1nc(C(F)(F)F)cs1)NCCN1CCCCC1CC. The Kier molecular flexibility index (Phi) is 8.15. The zero-order chi connectivity index (χ0) is 19.0. The summed E-state index contributed by atoms with van der Waals surface area (Å²) in [5.41, 5.74) is -0.846. The molecule has 1 fully saturated rings. The van der Waals surface area contributed by atoms with E-state index in [1.807, 2.05) is 6.92 Å².